The predicted octanol–water partition coefficient (Wildman–Crippen LogP) is 34.1. The van der Waals surface area contributed by atoms with E-state index in [1.807, 2.05) is 158 Å². The van der Waals surface area contributed by atoms with E-state index < -0.39 is 0 Å². The lowest BCUT2D eigenvalue weighted by atomic mass is 9.99. The van der Waals surface area contributed by atoms with Gasteiger partial charge in [-0.1, -0.05) is 394 Å². The largest absolute Gasteiger partial charge is 0.456 e. The van der Waals surface area contributed by atoms with Crippen LogP contribution >= 0.6 is 0 Å². The summed E-state index contributed by atoms with van der Waals surface area (Å²) >= 11 is 0. The molecule has 702 valence electrons. The molecule has 0 bridgehead atoms. The van der Waals surface area contributed by atoms with Crippen LogP contribution in [-0.4, -0.2) is 63.1 Å². The molecule has 0 atom stereocenters. The Hall–Kier alpha value is -20.6. The molecule has 21 aromatic carbocycles. The Morgan fingerprint density at radius 1 is 0.133 bits per heavy atom. The number of furan rings is 2. The number of hydrogen-bond acceptors (Lipinski definition) is 11. The van der Waals surface area contributed by atoms with E-state index in [0.717, 1.165) is 177 Å². The Bertz CT molecular complexity index is 10300. The molecule has 0 aliphatic rings. The van der Waals surface area contributed by atoms with E-state index in [1.165, 1.54) is 48.9 Å². The van der Waals surface area contributed by atoms with Gasteiger partial charge in [-0.2, -0.15) is 19.9 Å². The highest BCUT2D eigenvalue weighted by Crippen LogP contribution is 2.45. The highest BCUT2D eigenvalue weighted by Gasteiger charge is 2.26. The second-order valence-corrected chi connectivity index (χ2v) is 37.5. The van der Waals surface area contributed by atoms with Crippen LogP contribution in [0.4, 0.5) is 0 Å². The van der Waals surface area contributed by atoms with Crippen molar-refractivity contribution in [3.05, 3.63) is 516 Å². The summed E-state index contributed by atoms with van der Waals surface area (Å²) < 4.78 is 21.7. The molecular weight excluding hydrogens is 1840 g/mol. The van der Waals surface area contributed by atoms with Crippen molar-refractivity contribution in [2.24, 2.45) is 0 Å². The summed E-state index contributed by atoms with van der Waals surface area (Å²) in [4.78, 5) is 45.4. The molecule has 0 aliphatic carbocycles. The SMILES string of the molecule is c1ccc(-c2ccc3c(c2)c2ccccc2n3-c2nc(-c3ccccc3)nc(-c3ccc4c(c3)oc3cccc(-c5ccccc5)c34)n2)cc1.c1ccc(-c2nc(-c3ccc(-c4cccc(-n5c6ccccc6c6ccccc65)c4)cc3)nc(-n3c4ccccc4c4ccccc43)n2)cc1.c1ccc(-c2nc(-c3ccccc3)nc(-c3cccc(-n4c5ccccc5c5cc(-c6ccc7c(c6)oc6ccccc67)ccc54)c3)n2)cc1. The van der Waals surface area contributed by atoms with Gasteiger partial charge in [-0.15, -0.1) is 0 Å². The summed E-state index contributed by atoms with van der Waals surface area (Å²) in [6.07, 6.45) is 0. The second kappa shape index (κ2) is 37.0. The van der Waals surface area contributed by atoms with Gasteiger partial charge in [0, 0.05) is 115 Å². The zero-order chi connectivity index (χ0) is 99.1. The zero-order valence-electron chi connectivity index (χ0n) is 80.7. The van der Waals surface area contributed by atoms with Crippen molar-refractivity contribution in [1.29, 1.82) is 0 Å². The maximum Gasteiger partial charge on any atom is 0.238 e. The molecule has 30 rings (SSSR count). The van der Waals surface area contributed by atoms with Gasteiger partial charge in [-0.25, -0.2) is 24.9 Å². The van der Waals surface area contributed by atoms with Crippen molar-refractivity contribution >= 4 is 131 Å². The molecule has 0 unspecified atom stereocenters. The number of nitrogens with zero attached hydrogens (tertiary/aromatic N) is 13. The lowest BCUT2D eigenvalue weighted by Crippen LogP contribution is -2.06. The third-order valence-corrected chi connectivity index (χ3v) is 28.5. The van der Waals surface area contributed by atoms with Crippen molar-refractivity contribution in [1.82, 2.24) is 63.1 Å². The van der Waals surface area contributed by atoms with Gasteiger partial charge in [0.05, 0.1) is 44.1 Å². The number of fused-ring (bicyclic) bond motifs is 18. The molecule has 150 heavy (non-hydrogen) atoms. The Labute approximate surface area is 860 Å². The predicted molar refractivity (Wildman–Crippen MR) is 611 cm³/mol. The van der Waals surface area contributed by atoms with Crippen LogP contribution < -0.4 is 0 Å². The summed E-state index contributed by atoms with van der Waals surface area (Å²) in [5.41, 5.74) is 30.1. The molecule has 0 radical (unpaired) electrons. The van der Waals surface area contributed by atoms with Gasteiger partial charge in [-0.3, -0.25) is 9.13 Å². The lowest BCUT2D eigenvalue weighted by molar-refractivity contribution is 0.668. The molecule has 30 aromatic rings. The van der Waals surface area contributed by atoms with Gasteiger partial charge in [0.2, 0.25) is 11.9 Å². The van der Waals surface area contributed by atoms with Crippen LogP contribution in [0.3, 0.4) is 0 Å². The number of hydrogen-bond donors (Lipinski definition) is 0. The minimum absolute atomic E-state index is 0.559. The Balaban J connectivity index is 0.000000108. The van der Waals surface area contributed by atoms with E-state index in [9.17, 15) is 0 Å². The normalized spacial score (nSPS) is 11.6. The van der Waals surface area contributed by atoms with Crippen LogP contribution in [0.25, 0.3) is 279 Å². The van der Waals surface area contributed by atoms with E-state index in [0.29, 0.717) is 52.7 Å². The van der Waals surface area contributed by atoms with Crippen molar-refractivity contribution < 1.29 is 8.83 Å². The minimum Gasteiger partial charge on any atom is -0.456 e. The highest BCUT2D eigenvalue weighted by atomic mass is 16.3. The lowest BCUT2D eigenvalue weighted by Gasteiger charge is -2.12. The Morgan fingerprint density at radius 2 is 0.387 bits per heavy atom. The number of aromatic nitrogens is 13. The van der Waals surface area contributed by atoms with Crippen molar-refractivity contribution in [3.8, 4) is 147 Å². The van der Waals surface area contributed by atoms with Gasteiger partial charge < -0.3 is 18.0 Å². The van der Waals surface area contributed by atoms with E-state index in [4.69, 9.17) is 53.7 Å². The van der Waals surface area contributed by atoms with Crippen LogP contribution in [-0.2, 0) is 0 Å². The first-order valence-electron chi connectivity index (χ1n) is 50.2. The van der Waals surface area contributed by atoms with Gasteiger partial charge in [0.1, 0.15) is 22.3 Å². The Kier molecular flexibility index (Phi) is 21.5. The average Bonchev–Trinajstić information content (AvgIpc) is 1.59. The Morgan fingerprint density at radius 3 is 0.860 bits per heavy atom. The van der Waals surface area contributed by atoms with Crippen LogP contribution in [0.1, 0.15) is 0 Å². The smallest absolute Gasteiger partial charge is 0.238 e. The summed E-state index contributed by atoms with van der Waals surface area (Å²) in [6, 6.07) is 179. The zero-order valence-corrected chi connectivity index (χ0v) is 80.7. The second-order valence-electron chi connectivity index (χ2n) is 37.5. The fourth-order valence-corrected chi connectivity index (χ4v) is 21.5. The summed E-state index contributed by atoms with van der Waals surface area (Å²) in [5.74, 6) is 5.51. The molecule has 0 N–H and O–H groups in total. The molecule has 0 spiro atoms. The van der Waals surface area contributed by atoms with Crippen LogP contribution in [0.5, 0.6) is 0 Å². The summed E-state index contributed by atoms with van der Waals surface area (Å²) in [7, 11) is 0. The molecule has 0 saturated heterocycles. The summed E-state index contributed by atoms with van der Waals surface area (Å²) in [6.45, 7) is 0. The van der Waals surface area contributed by atoms with E-state index in [1.54, 1.807) is 0 Å². The number of benzene rings is 21. The standard InChI is InChI=1S/C45H29N5.2C45H28N4O/c1-2-13-31(14-3-1)43-46-44(48-45(47-43)50-41-23-10-6-19-37(41)38-20-7-11-24-42(38)50)32-27-25-30(26-28-32)33-15-12-16-34(29-33)49-39-21-8-4-17-35(39)36-18-5-9-22-40(36)49;1-4-13-29(14-5-1)32-24-26-39-37(27-32)35-19-10-11-21-38(35)49(39)45-47-43(31-17-8-3-9-18-31)46-44(48-45)33-23-25-36-41(28-33)50-40-22-12-20-34(42(36)40)30-15-6-2-7-16-30;1-3-12-29(13-4-1)43-46-44(30-14-5-2-6-15-30)48-45(47-43)33-16-11-17-34(26-33)49-39-20-9-7-18-35(39)38-27-31(23-25-40(38)49)32-22-24-37-36-19-8-10-21-41(36)50-42(37)28-32/h1-29H;2*1-28H. The molecule has 0 amide bonds. The molecule has 15 nitrogen and oxygen atoms in total. The maximum atomic E-state index is 6.48. The minimum atomic E-state index is 0.559. The average molecular weight is 1920 g/mol. The third kappa shape index (κ3) is 15.7. The first kappa shape index (κ1) is 87.3. The van der Waals surface area contributed by atoms with Gasteiger partial charge in [0.15, 0.2) is 40.8 Å². The molecule has 0 fully saturated rings. The third-order valence-electron chi connectivity index (χ3n) is 28.5. The molecule has 9 aromatic heterocycles. The van der Waals surface area contributed by atoms with Gasteiger partial charge >= 0.3 is 0 Å². The van der Waals surface area contributed by atoms with Crippen LogP contribution in [0, 0.1) is 0 Å². The first-order valence-corrected chi connectivity index (χ1v) is 50.2. The van der Waals surface area contributed by atoms with Crippen molar-refractivity contribution in [2.75, 3.05) is 0 Å². The summed E-state index contributed by atoms with van der Waals surface area (Å²) in [5, 5.41) is 13.9. The van der Waals surface area contributed by atoms with Crippen LogP contribution in [0.15, 0.2) is 524 Å². The monoisotopic (exact) mass is 1920 g/mol. The van der Waals surface area contributed by atoms with Crippen LogP contribution in [0.2, 0.25) is 0 Å². The molecular formula is C135H85N13O2. The van der Waals surface area contributed by atoms with Gasteiger partial charge in [-0.05, 0) is 166 Å². The quantitative estimate of drug-likeness (QED) is 0.0960. The molecule has 9 heterocycles. The fourth-order valence-electron chi connectivity index (χ4n) is 21.5. The first-order chi connectivity index (χ1) is 74.3. The van der Waals surface area contributed by atoms with Crippen molar-refractivity contribution in [3.63, 3.8) is 0 Å². The van der Waals surface area contributed by atoms with Gasteiger partial charge in [0.25, 0.3) is 0 Å². The highest BCUT2D eigenvalue weighted by molar-refractivity contribution is 6.16. The molecule has 15 heteroatoms. The molecule has 0 saturated carbocycles. The van der Waals surface area contributed by atoms with Crippen molar-refractivity contribution in [2.45, 2.75) is 0 Å². The maximum absolute atomic E-state index is 6.48. The number of rotatable bonds is 15. The molecule has 0 aliphatic heterocycles. The topological polar surface area (TPSA) is 162 Å². The van der Waals surface area contributed by atoms with E-state index >= 15 is 0 Å². The fraction of sp³-hybridized carbons (Fsp3) is 0. The van der Waals surface area contributed by atoms with E-state index in [-0.39, 0.29) is 0 Å². The number of para-hydroxylation sites is 7. The van der Waals surface area contributed by atoms with E-state index in [2.05, 4.69) is 376 Å².